The number of rotatable bonds is 6. The third-order valence-electron chi connectivity index (χ3n) is 4.43. The molecule has 0 radical (unpaired) electrons. The SMILES string of the molecule is CCCCc1ccccc1B(c1ccccc1)c1ccccc1. The Kier molecular flexibility index (Phi) is 5.31. The van der Waals surface area contributed by atoms with Crippen molar-refractivity contribution in [1.29, 1.82) is 0 Å². The highest BCUT2D eigenvalue weighted by Gasteiger charge is 2.23. The molecule has 23 heavy (non-hydrogen) atoms. The molecular weight excluding hydrogens is 275 g/mol. The molecule has 0 atom stereocenters. The van der Waals surface area contributed by atoms with E-state index in [2.05, 4.69) is 91.9 Å². The predicted molar refractivity (Wildman–Crippen MR) is 103 cm³/mol. The van der Waals surface area contributed by atoms with Gasteiger partial charge < -0.3 is 0 Å². The zero-order chi connectivity index (χ0) is 15.9. The fraction of sp³-hybridized carbons (Fsp3) is 0.182. The minimum absolute atomic E-state index is 0.311. The zero-order valence-corrected chi connectivity index (χ0v) is 13.8. The topological polar surface area (TPSA) is 0 Å². The van der Waals surface area contributed by atoms with Crippen LogP contribution in [0.4, 0.5) is 0 Å². The van der Waals surface area contributed by atoms with Crippen LogP contribution in [0.1, 0.15) is 25.3 Å². The molecule has 0 nitrogen and oxygen atoms in total. The lowest BCUT2D eigenvalue weighted by Crippen LogP contribution is -2.53. The fourth-order valence-corrected chi connectivity index (χ4v) is 3.25. The lowest BCUT2D eigenvalue weighted by molar-refractivity contribution is 0.798. The summed E-state index contributed by atoms with van der Waals surface area (Å²) in [7, 11) is 0. The van der Waals surface area contributed by atoms with E-state index in [-0.39, 0.29) is 0 Å². The van der Waals surface area contributed by atoms with Gasteiger partial charge in [0.15, 0.2) is 0 Å². The van der Waals surface area contributed by atoms with E-state index in [1.165, 1.54) is 34.8 Å². The van der Waals surface area contributed by atoms with E-state index < -0.39 is 0 Å². The Bertz CT molecular complexity index is 680. The van der Waals surface area contributed by atoms with E-state index >= 15 is 0 Å². The summed E-state index contributed by atoms with van der Waals surface area (Å²) < 4.78 is 0. The summed E-state index contributed by atoms with van der Waals surface area (Å²) in [5, 5.41) is 0. The summed E-state index contributed by atoms with van der Waals surface area (Å²) in [4.78, 5) is 0. The molecule has 3 rings (SSSR count). The standard InChI is InChI=1S/C22H23B/c1-2-3-12-19-13-10-11-18-22(19)23(20-14-6-4-7-15-20)21-16-8-5-9-17-21/h4-11,13-18H,2-3,12H2,1H3. The first-order valence-electron chi connectivity index (χ1n) is 8.58. The van der Waals surface area contributed by atoms with Gasteiger partial charge in [0.2, 0.25) is 6.71 Å². The van der Waals surface area contributed by atoms with Crippen LogP contribution < -0.4 is 16.4 Å². The van der Waals surface area contributed by atoms with E-state index in [1.807, 2.05) is 0 Å². The van der Waals surface area contributed by atoms with Crippen molar-refractivity contribution in [3.8, 4) is 0 Å². The van der Waals surface area contributed by atoms with Crippen LogP contribution in [0, 0.1) is 0 Å². The molecule has 0 unspecified atom stereocenters. The second kappa shape index (κ2) is 7.83. The van der Waals surface area contributed by atoms with E-state index in [0.29, 0.717) is 6.71 Å². The summed E-state index contributed by atoms with van der Waals surface area (Å²) in [6, 6.07) is 30.7. The van der Waals surface area contributed by atoms with E-state index in [9.17, 15) is 0 Å². The molecule has 3 aromatic carbocycles. The van der Waals surface area contributed by atoms with Gasteiger partial charge in [-0.1, -0.05) is 120 Å². The molecule has 0 aliphatic rings. The highest BCUT2D eigenvalue weighted by atomic mass is 14.0. The molecule has 0 fully saturated rings. The summed E-state index contributed by atoms with van der Waals surface area (Å²) >= 11 is 0. The molecule has 3 aromatic rings. The quantitative estimate of drug-likeness (QED) is 0.611. The summed E-state index contributed by atoms with van der Waals surface area (Å²) in [5.41, 5.74) is 5.65. The van der Waals surface area contributed by atoms with Gasteiger partial charge in [-0.05, 0) is 12.8 Å². The lowest BCUT2D eigenvalue weighted by Gasteiger charge is -2.19. The van der Waals surface area contributed by atoms with E-state index in [0.717, 1.165) is 6.42 Å². The Labute approximate surface area is 140 Å². The maximum atomic E-state index is 2.30. The van der Waals surface area contributed by atoms with Crippen molar-refractivity contribution in [2.45, 2.75) is 26.2 Å². The minimum Gasteiger partial charge on any atom is -0.0687 e. The predicted octanol–water partition coefficient (Wildman–Crippen LogP) is 3.55. The summed E-state index contributed by atoms with van der Waals surface area (Å²) in [5.74, 6) is 0. The maximum absolute atomic E-state index is 2.30. The van der Waals surface area contributed by atoms with Gasteiger partial charge in [-0.15, -0.1) is 0 Å². The molecule has 1 heteroatoms. The number of unbranched alkanes of at least 4 members (excludes halogenated alkanes) is 1. The Hall–Kier alpha value is -2.28. The molecule has 0 saturated heterocycles. The number of hydrogen-bond acceptors (Lipinski definition) is 0. The van der Waals surface area contributed by atoms with Gasteiger partial charge in [-0.2, -0.15) is 0 Å². The first-order chi connectivity index (χ1) is 11.4. The van der Waals surface area contributed by atoms with Crippen LogP contribution in [0.2, 0.25) is 0 Å². The Morgan fingerprint density at radius 2 is 1.17 bits per heavy atom. The van der Waals surface area contributed by atoms with Crippen molar-refractivity contribution < 1.29 is 0 Å². The van der Waals surface area contributed by atoms with Crippen LogP contribution >= 0.6 is 0 Å². The van der Waals surface area contributed by atoms with E-state index in [4.69, 9.17) is 0 Å². The van der Waals surface area contributed by atoms with E-state index in [1.54, 1.807) is 0 Å². The highest BCUT2D eigenvalue weighted by molar-refractivity contribution is 6.95. The van der Waals surface area contributed by atoms with Crippen molar-refractivity contribution in [1.82, 2.24) is 0 Å². The second-order valence-corrected chi connectivity index (χ2v) is 6.06. The Balaban J connectivity index is 2.10. The second-order valence-electron chi connectivity index (χ2n) is 6.06. The van der Waals surface area contributed by atoms with Crippen molar-refractivity contribution in [2.75, 3.05) is 0 Å². The van der Waals surface area contributed by atoms with Gasteiger partial charge in [-0.25, -0.2) is 0 Å². The average Bonchev–Trinajstić information content (AvgIpc) is 2.63. The van der Waals surface area contributed by atoms with Crippen molar-refractivity contribution in [3.63, 3.8) is 0 Å². The largest absolute Gasteiger partial charge is 0.241 e. The van der Waals surface area contributed by atoms with Gasteiger partial charge in [0.05, 0.1) is 0 Å². The van der Waals surface area contributed by atoms with Gasteiger partial charge >= 0.3 is 0 Å². The smallest absolute Gasteiger partial charge is 0.0687 e. The molecule has 0 bridgehead atoms. The van der Waals surface area contributed by atoms with Gasteiger partial charge in [0.1, 0.15) is 0 Å². The first kappa shape index (κ1) is 15.6. The molecule has 0 heterocycles. The number of aryl methyl sites for hydroxylation is 1. The van der Waals surface area contributed by atoms with Crippen LogP contribution in [0.5, 0.6) is 0 Å². The maximum Gasteiger partial charge on any atom is 0.241 e. The van der Waals surface area contributed by atoms with Crippen molar-refractivity contribution in [2.24, 2.45) is 0 Å². The average molecular weight is 298 g/mol. The molecule has 0 saturated carbocycles. The van der Waals surface area contributed by atoms with Crippen molar-refractivity contribution >= 4 is 23.1 Å². The van der Waals surface area contributed by atoms with Crippen molar-refractivity contribution in [3.05, 3.63) is 90.5 Å². The Morgan fingerprint density at radius 1 is 0.652 bits per heavy atom. The summed E-state index contributed by atoms with van der Waals surface area (Å²) in [6.07, 6.45) is 3.63. The molecule has 114 valence electrons. The van der Waals surface area contributed by atoms with Gasteiger partial charge in [-0.3, -0.25) is 0 Å². The highest BCUT2D eigenvalue weighted by Crippen LogP contribution is 2.05. The lowest BCUT2D eigenvalue weighted by atomic mass is 9.36. The third kappa shape index (κ3) is 3.74. The van der Waals surface area contributed by atoms with Gasteiger partial charge in [0.25, 0.3) is 0 Å². The molecule has 0 aliphatic carbocycles. The Morgan fingerprint density at radius 3 is 1.74 bits per heavy atom. The summed E-state index contributed by atoms with van der Waals surface area (Å²) in [6.45, 7) is 2.57. The molecule has 0 aromatic heterocycles. The normalized spacial score (nSPS) is 10.5. The molecule has 0 amide bonds. The van der Waals surface area contributed by atoms with Crippen LogP contribution in [0.3, 0.4) is 0 Å². The monoisotopic (exact) mass is 298 g/mol. The van der Waals surface area contributed by atoms with Crippen LogP contribution in [0.15, 0.2) is 84.9 Å². The minimum atomic E-state index is 0.311. The fourth-order valence-electron chi connectivity index (χ4n) is 3.25. The zero-order valence-electron chi connectivity index (χ0n) is 13.8. The van der Waals surface area contributed by atoms with Crippen LogP contribution in [-0.2, 0) is 6.42 Å². The van der Waals surface area contributed by atoms with Crippen LogP contribution in [0.25, 0.3) is 0 Å². The van der Waals surface area contributed by atoms with Crippen LogP contribution in [-0.4, -0.2) is 6.71 Å². The molecule has 0 aliphatic heterocycles. The third-order valence-corrected chi connectivity index (χ3v) is 4.43. The molecule has 0 spiro atoms. The molecule has 0 N–H and O–H groups in total. The number of hydrogen-bond donors (Lipinski definition) is 0. The first-order valence-corrected chi connectivity index (χ1v) is 8.58. The van der Waals surface area contributed by atoms with Gasteiger partial charge in [0, 0.05) is 0 Å². The molecular formula is C22H23B. The number of benzene rings is 3.